The monoisotopic (exact) mass is 289 g/mol. The van der Waals surface area contributed by atoms with E-state index in [2.05, 4.69) is 17.2 Å². The predicted octanol–water partition coefficient (Wildman–Crippen LogP) is 2.91. The number of methoxy groups -OCH3 is 1. The highest BCUT2D eigenvalue weighted by atomic mass is 32.1. The van der Waals surface area contributed by atoms with Gasteiger partial charge in [-0.15, -0.1) is 11.3 Å². The van der Waals surface area contributed by atoms with Gasteiger partial charge in [-0.1, -0.05) is 0 Å². The molecule has 0 unspecified atom stereocenters. The van der Waals surface area contributed by atoms with Crippen molar-refractivity contribution in [1.29, 1.82) is 0 Å². The van der Waals surface area contributed by atoms with Crippen LogP contribution in [0.1, 0.15) is 29.0 Å². The van der Waals surface area contributed by atoms with Gasteiger partial charge in [-0.3, -0.25) is 4.98 Å². The van der Waals surface area contributed by atoms with E-state index >= 15 is 0 Å². The Labute approximate surface area is 123 Å². The SMILES string of the molecule is COCc1nc(-c2cnccc2C)sc1CNC1CC1. The summed E-state index contributed by atoms with van der Waals surface area (Å²) in [6, 6.07) is 2.73. The normalized spacial score (nSPS) is 14.7. The van der Waals surface area contributed by atoms with Gasteiger partial charge in [0.2, 0.25) is 0 Å². The van der Waals surface area contributed by atoms with Gasteiger partial charge in [0, 0.05) is 42.5 Å². The Morgan fingerprint density at radius 1 is 1.45 bits per heavy atom. The molecule has 0 aromatic carbocycles. The van der Waals surface area contributed by atoms with Gasteiger partial charge in [0.05, 0.1) is 12.3 Å². The Kier molecular flexibility index (Phi) is 4.10. The van der Waals surface area contributed by atoms with E-state index < -0.39 is 0 Å². The van der Waals surface area contributed by atoms with Crippen molar-refractivity contribution >= 4 is 11.3 Å². The molecule has 0 aliphatic heterocycles. The third-order valence-corrected chi connectivity index (χ3v) is 4.59. The van der Waals surface area contributed by atoms with Crippen LogP contribution in [0.15, 0.2) is 18.5 Å². The molecule has 1 N–H and O–H groups in total. The molecule has 0 bridgehead atoms. The smallest absolute Gasteiger partial charge is 0.125 e. The summed E-state index contributed by atoms with van der Waals surface area (Å²) in [5, 5.41) is 4.59. The number of nitrogens with one attached hydrogen (secondary N) is 1. The number of ether oxygens (including phenoxy) is 1. The van der Waals surface area contributed by atoms with E-state index in [4.69, 9.17) is 9.72 Å². The number of nitrogens with zero attached hydrogens (tertiary/aromatic N) is 2. The van der Waals surface area contributed by atoms with Crippen LogP contribution in [0.2, 0.25) is 0 Å². The average Bonchev–Trinajstić information content (AvgIpc) is 3.19. The molecule has 0 spiro atoms. The van der Waals surface area contributed by atoms with E-state index in [1.54, 1.807) is 18.4 Å². The molecule has 0 amide bonds. The van der Waals surface area contributed by atoms with Gasteiger partial charge in [0.15, 0.2) is 0 Å². The van der Waals surface area contributed by atoms with E-state index in [9.17, 15) is 0 Å². The highest BCUT2D eigenvalue weighted by Crippen LogP contribution is 2.31. The lowest BCUT2D eigenvalue weighted by Crippen LogP contribution is -2.15. The molecular formula is C15H19N3OS. The van der Waals surface area contributed by atoms with Crippen LogP contribution in [-0.2, 0) is 17.9 Å². The molecule has 106 valence electrons. The second-order valence-electron chi connectivity index (χ2n) is 5.17. The van der Waals surface area contributed by atoms with Crippen LogP contribution >= 0.6 is 11.3 Å². The third-order valence-electron chi connectivity index (χ3n) is 3.46. The number of thiazole rings is 1. The summed E-state index contributed by atoms with van der Waals surface area (Å²) in [6.45, 7) is 3.55. The van der Waals surface area contributed by atoms with E-state index in [-0.39, 0.29) is 0 Å². The fourth-order valence-electron chi connectivity index (χ4n) is 2.10. The van der Waals surface area contributed by atoms with Crippen LogP contribution in [0.5, 0.6) is 0 Å². The van der Waals surface area contributed by atoms with E-state index in [1.807, 2.05) is 18.5 Å². The van der Waals surface area contributed by atoms with Crippen molar-refractivity contribution in [2.75, 3.05) is 7.11 Å². The zero-order valence-corrected chi connectivity index (χ0v) is 12.7. The Balaban J connectivity index is 1.87. The zero-order valence-electron chi connectivity index (χ0n) is 11.8. The van der Waals surface area contributed by atoms with Crippen LogP contribution in [0.25, 0.3) is 10.6 Å². The first-order valence-corrected chi connectivity index (χ1v) is 7.71. The topological polar surface area (TPSA) is 47.0 Å². The number of pyridine rings is 1. The Hall–Kier alpha value is -1.30. The largest absolute Gasteiger partial charge is 0.378 e. The minimum absolute atomic E-state index is 0.567. The van der Waals surface area contributed by atoms with Crippen molar-refractivity contribution in [3.05, 3.63) is 34.6 Å². The molecule has 1 fully saturated rings. The second kappa shape index (κ2) is 5.99. The van der Waals surface area contributed by atoms with Crippen molar-refractivity contribution in [2.24, 2.45) is 0 Å². The quantitative estimate of drug-likeness (QED) is 0.888. The van der Waals surface area contributed by atoms with Crippen molar-refractivity contribution < 1.29 is 4.74 Å². The van der Waals surface area contributed by atoms with Crippen LogP contribution in [-0.4, -0.2) is 23.1 Å². The van der Waals surface area contributed by atoms with Gasteiger partial charge in [0.1, 0.15) is 5.01 Å². The average molecular weight is 289 g/mol. The van der Waals surface area contributed by atoms with Gasteiger partial charge in [-0.05, 0) is 31.4 Å². The zero-order chi connectivity index (χ0) is 13.9. The van der Waals surface area contributed by atoms with E-state index in [0.29, 0.717) is 12.6 Å². The number of hydrogen-bond donors (Lipinski definition) is 1. The summed E-state index contributed by atoms with van der Waals surface area (Å²) in [6.07, 6.45) is 6.31. The minimum Gasteiger partial charge on any atom is -0.378 e. The first kappa shape index (κ1) is 13.7. The highest BCUT2D eigenvalue weighted by molar-refractivity contribution is 7.15. The lowest BCUT2D eigenvalue weighted by Gasteiger charge is -2.02. The molecule has 20 heavy (non-hydrogen) atoms. The molecule has 0 atom stereocenters. The Morgan fingerprint density at radius 3 is 3.00 bits per heavy atom. The summed E-state index contributed by atoms with van der Waals surface area (Å²) in [4.78, 5) is 10.2. The molecule has 2 heterocycles. The molecule has 4 nitrogen and oxygen atoms in total. The molecule has 2 aromatic rings. The van der Waals surface area contributed by atoms with Gasteiger partial charge in [-0.25, -0.2) is 4.98 Å². The lowest BCUT2D eigenvalue weighted by atomic mass is 10.2. The predicted molar refractivity (Wildman–Crippen MR) is 80.7 cm³/mol. The maximum atomic E-state index is 5.27. The van der Waals surface area contributed by atoms with Gasteiger partial charge < -0.3 is 10.1 Å². The number of hydrogen-bond acceptors (Lipinski definition) is 5. The maximum absolute atomic E-state index is 5.27. The van der Waals surface area contributed by atoms with Gasteiger partial charge in [-0.2, -0.15) is 0 Å². The molecule has 5 heteroatoms. The first-order valence-electron chi connectivity index (χ1n) is 6.90. The molecule has 2 aromatic heterocycles. The Morgan fingerprint density at radius 2 is 2.30 bits per heavy atom. The van der Waals surface area contributed by atoms with Gasteiger partial charge in [0.25, 0.3) is 0 Å². The van der Waals surface area contributed by atoms with E-state index in [0.717, 1.165) is 22.8 Å². The van der Waals surface area contributed by atoms with Crippen LogP contribution < -0.4 is 5.32 Å². The second-order valence-corrected chi connectivity index (χ2v) is 6.25. The van der Waals surface area contributed by atoms with Crippen LogP contribution in [0, 0.1) is 6.92 Å². The van der Waals surface area contributed by atoms with Crippen LogP contribution in [0.3, 0.4) is 0 Å². The molecule has 3 rings (SSSR count). The molecule has 1 aliphatic rings. The summed E-state index contributed by atoms with van der Waals surface area (Å²) in [7, 11) is 1.71. The summed E-state index contributed by atoms with van der Waals surface area (Å²) < 4.78 is 5.27. The van der Waals surface area contributed by atoms with Crippen molar-refractivity contribution in [1.82, 2.24) is 15.3 Å². The maximum Gasteiger partial charge on any atom is 0.125 e. The number of aryl methyl sites for hydroxylation is 1. The summed E-state index contributed by atoms with van der Waals surface area (Å²) in [5.74, 6) is 0. The highest BCUT2D eigenvalue weighted by Gasteiger charge is 2.22. The molecule has 0 saturated heterocycles. The van der Waals surface area contributed by atoms with Gasteiger partial charge >= 0.3 is 0 Å². The third kappa shape index (κ3) is 3.06. The van der Waals surface area contributed by atoms with Crippen molar-refractivity contribution in [2.45, 2.75) is 39.0 Å². The fourth-order valence-corrected chi connectivity index (χ4v) is 3.19. The van der Waals surface area contributed by atoms with Crippen molar-refractivity contribution in [3.8, 4) is 10.6 Å². The lowest BCUT2D eigenvalue weighted by molar-refractivity contribution is 0.181. The number of aromatic nitrogens is 2. The molecule has 1 saturated carbocycles. The molecule has 1 aliphatic carbocycles. The van der Waals surface area contributed by atoms with Crippen molar-refractivity contribution in [3.63, 3.8) is 0 Å². The summed E-state index contributed by atoms with van der Waals surface area (Å²) >= 11 is 1.74. The Bertz CT molecular complexity index is 593. The molecule has 0 radical (unpaired) electrons. The first-order chi connectivity index (χ1) is 9.78. The fraction of sp³-hybridized carbons (Fsp3) is 0.467. The summed E-state index contributed by atoms with van der Waals surface area (Å²) in [5.41, 5.74) is 3.37. The van der Waals surface area contributed by atoms with Crippen LogP contribution in [0.4, 0.5) is 0 Å². The van der Waals surface area contributed by atoms with E-state index in [1.165, 1.54) is 23.3 Å². The number of rotatable bonds is 6. The minimum atomic E-state index is 0.567. The molecular weight excluding hydrogens is 270 g/mol. The standard InChI is InChI=1S/C15H19N3OS/c1-10-5-6-16-7-12(10)15-18-13(9-19-2)14(20-15)8-17-11-3-4-11/h5-7,11,17H,3-4,8-9H2,1-2H3.